The number of hydrogen-bond acceptors (Lipinski definition) is 2. The Labute approximate surface area is 87.2 Å². The van der Waals surface area contributed by atoms with Gasteiger partial charge in [-0.2, -0.15) is 0 Å². The smallest absolute Gasteiger partial charge is 0.140 e. The standard InChI is InChI=1S/C10H13BrN2/c1-8(2)5-7-13-10-9(11)4-3-6-12-10/h3-6H,7H2,1-2H3,(H,12,13). The minimum atomic E-state index is 0.817. The maximum atomic E-state index is 4.19. The number of anilines is 1. The minimum absolute atomic E-state index is 0.817. The molecule has 1 N–H and O–H groups in total. The van der Waals surface area contributed by atoms with Gasteiger partial charge in [-0.05, 0) is 41.9 Å². The van der Waals surface area contributed by atoms with Gasteiger partial charge in [0.25, 0.3) is 0 Å². The zero-order valence-corrected chi connectivity index (χ0v) is 9.43. The van der Waals surface area contributed by atoms with Gasteiger partial charge in [0.15, 0.2) is 0 Å². The van der Waals surface area contributed by atoms with Crippen LogP contribution in [0.1, 0.15) is 13.8 Å². The molecule has 0 fully saturated rings. The second-order valence-corrected chi connectivity index (χ2v) is 3.85. The number of pyridine rings is 1. The van der Waals surface area contributed by atoms with Crippen LogP contribution in [0.15, 0.2) is 34.5 Å². The summed E-state index contributed by atoms with van der Waals surface area (Å²) in [6, 6.07) is 3.87. The van der Waals surface area contributed by atoms with Crippen LogP contribution in [0, 0.1) is 0 Å². The number of nitrogens with one attached hydrogen (secondary N) is 1. The summed E-state index contributed by atoms with van der Waals surface area (Å²) in [6.45, 7) is 4.97. The summed E-state index contributed by atoms with van der Waals surface area (Å²) in [7, 11) is 0. The van der Waals surface area contributed by atoms with Crippen LogP contribution in [0.3, 0.4) is 0 Å². The predicted molar refractivity (Wildman–Crippen MR) is 59.9 cm³/mol. The Morgan fingerprint density at radius 1 is 1.62 bits per heavy atom. The third kappa shape index (κ3) is 3.59. The highest BCUT2D eigenvalue weighted by molar-refractivity contribution is 9.10. The number of rotatable bonds is 3. The van der Waals surface area contributed by atoms with Crippen LogP contribution in [0.25, 0.3) is 0 Å². The first-order valence-electron chi connectivity index (χ1n) is 4.18. The van der Waals surface area contributed by atoms with Gasteiger partial charge in [0.1, 0.15) is 5.82 Å². The third-order valence-corrected chi connectivity index (χ3v) is 2.18. The molecule has 0 saturated carbocycles. The molecule has 0 radical (unpaired) electrons. The molecule has 2 nitrogen and oxygen atoms in total. The Morgan fingerprint density at radius 2 is 2.38 bits per heavy atom. The molecule has 0 unspecified atom stereocenters. The van der Waals surface area contributed by atoms with Crippen LogP contribution >= 0.6 is 15.9 Å². The fourth-order valence-electron chi connectivity index (χ4n) is 0.868. The van der Waals surface area contributed by atoms with Crippen LogP contribution in [-0.4, -0.2) is 11.5 Å². The summed E-state index contributed by atoms with van der Waals surface area (Å²) in [5, 5.41) is 3.21. The molecule has 0 saturated heterocycles. The molecule has 0 aliphatic heterocycles. The molecule has 1 heterocycles. The van der Waals surface area contributed by atoms with Crippen molar-refractivity contribution in [2.45, 2.75) is 13.8 Å². The molecule has 0 bridgehead atoms. The van der Waals surface area contributed by atoms with Crippen molar-refractivity contribution in [2.75, 3.05) is 11.9 Å². The second kappa shape index (κ2) is 5.02. The van der Waals surface area contributed by atoms with Gasteiger partial charge in [-0.1, -0.05) is 11.6 Å². The molecule has 13 heavy (non-hydrogen) atoms. The SMILES string of the molecule is CC(C)=CCNc1ncccc1Br. The molecule has 0 spiro atoms. The topological polar surface area (TPSA) is 24.9 Å². The van der Waals surface area contributed by atoms with E-state index in [4.69, 9.17) is 0 Å². The van der Waals surface area contributed by atoms with E-state index >= 15 is 0 Å². The van der Waals surface area contributed by atoms with E-state index in [0.29, 0.717) is 0 Å². The molecule has 70 valence electrons. The zero-order chi connectivity index (χ0) is 9.68. The first kappa shape index (κ1) is 10.3. The van der Waals surface area contributed by atoms with Crippen molar-refractivity contribution in [1.82, 2.24) is 4.98 Å². The van der Waals surface area contributed by atoms with E-state index in [1.165, 1.54) is 5.57 Å². The summed E-state index contributed by atoms with van der Waals surface area (Å²) in [4.78, 5) is 4.19. The van der Waals surface area contributed by atoms with Gasteiger partial charge < -0.3 is 5.32 Å². The summed E-state index contributed by atoms with van der Waals surface area (Å²) in [5.74, 6) is 0.889. The number of nitrogens with zero attached hydrogens (tertiary/aromatic N) is 1. The van der Waals surface area contributed by atoms with Crippen LogP contribution in [-0.2, 0) is 0 Å². The minimum Gasteiger partial charge on any atom is -0.366 e. The van der Waals surface area contributed by atoms with Gasteiger partial charge >= 0.3 is 0 Å². The number of aromatic nitrogens is 1. The average Bonchev–Trinajstić information content (AvgIpc) is 2.08. The lowest BCUT2D eigenvalue weighted by Gasteiger charge is -2.03. The lowest BCUT2D eigenvalue weighted by atomic mass is 10.3. The van der Waals surface area contributed by atoms with Crippen molar-refractivity contribution in [2.24, 2.45) is 0 Å². The monoisotopic (exact) mass is 240 g/mol. The zero-order valence-electron chi connectivity index (χ0n) is 7.84. The molecule has 0 atom stereocenters. The highest BCUT2D eigenvalue weighted by atomic mass is 79.9. The van der Waals surface area contributed by atoms with Crippen molar-refractivity contribution >= 4 is 21.7 Å². The summed E-state index contributed by atoms with van der Waals surface area (Å²) in [6.07, 6.45) is 3.90. The van der Waals surface area contributed by atoms with Gasteiger partial charge in [0.2, 0.25) is 0 Å². The Kier molecular flexibility index (Phi) is 3.96. The summed E-state index contributed by atoms with van der Waals surface area (Å²) < 4.78 is 0.997. The first-order valence-corrected chi connectivity index (χ1v) is 4.97. The van der Waals surface area contributed by atoms with Crippen molar-refractivity contribution in [1.29, 1.82) is 0 Å². The Morgan fingerprint density at radius 3 is 3.00 bits per heavy atom. The van der Waals surface area contributed by atoms with Crippen molar-refractivity contribution in [3.8, 4) is 0 Å². The Hall–Kier alpha value is -0.830. The predicted octanol–water partition coefficient (Wildman–Crippen LogP) is 3.22. The molecular weight excluding hydrogens is 228 g/mol. The Bertz CT molecular complexity index is 304. The quantitative estimate of drug-likeness (QED) is 0.822. The highest BCUT2D eigenvalue weighted by Crippen LogP contribution is 2.17. The van der Waals surface area contributed by atoms with Crippen LogP contribution < -0.4 is 5.32 Å². The Balaban J connectivity index is 2.55. The second-order valence-electron chi connectivity index (χ2n) is 3.00. The van der Waals surface area contributed by atoms with Crippen molar-refractivity contribution in [3.63, 3.8) is 0 Å². The number of halogens is 1. The van der Waals surface area contributed by atoms with E-state index in [2.05, 4.69) is 46.2 Å². The van der Waals surface area contributed by atoms with Gasteiger partial charge in [-0.25, -0.2) is 4.98 Å². The maximum Gasteiger partial charge on any atom is 0.140 e. The lowest BCUT2D eigenvalue weighted by molar-refractivity contribution is 1.19. The summed E-state index contributed by atoms with van der Waals surface area (Å²) >= 11 is 3.42. The first-order chi connectivity index (χ1) is 6.20. The van der Waals surface area contributed by atoms with E-state index in [0.717, 1.165) is 16.8 Å². The molecular formula is C10H13BrN2. The van der Waals surface area contributed by atoms with E-state index in [1.807, 2.05) is 12.1 Å². The largest absolute Gasteiger partial charge is 0.366 e. The van der Waals surface area contributed by atoms with Gasteiger partial charge in [-0.15, -0.1) is 0 Å². The lowest BCUT2D eigenvalue weighted by Crippen LogP contribution is -2.01. The third-order valence-electron chi connectivity index (χ3n) is 1.54. The van der Waals surface area contributed by atoms with E-state index in [-0.39, 0.29) is 0 Å². The van der Waals surface area contributed by atoms with Gasteiger partial charge in [0.05, 0.1) is 4.47 Å². The van der Waals surface area contributed by atoms with E-state index in [1.54, 1.807) is 6.20 Å². The van der Waals surface area contributed by atoms with Crippen LogP contribution in [0.5, 0.6) is 0 Å². The maximum absolute atomic E-state index is 4.19. The molecule has 1 rings (SSSR count). The average molecular weight is 241 g/mol. The fraction of sp³-hybridized carbons (Fsp3) is 0.300. The van der Waals surface area contributed by atoms with Gasteiger partial charge in [0, 0.05) is 12.7 Å². The number of allylic oxidation sites excluding steroid dienone is 1. The van der Waals surface area contributed by atoms with E-state index < -0.39 is 0 Å². The molecule has 1 aromatic heterocycles. The highest BCUT2D eigenvalue weighted by Gasteiger charge is 1.95. The van der Waals surface area contributed by atoms with Crippen LogP contribution in [0.2, 0.25) is 0 Å². The van der Waals surface area contributed by atoms with Crippen molar-refractivity contribution in [3.05, 3.63) is 34.5 Å². The molecule has 0 aromatic carbocycles. The molecule has 1 aromatic rings. The van der Waals surface area contributed by atoms with E-state index in [9.17, 15) is 0 Å². The fourth-order valence-corrected chi connectivity index (χ4v) is 1.26. The molecule has 0 aliphatic carbocycles. The summed E-state index contributed by atoms with van der Waals surface area (Å²) in [5.41, 5.74) is 1.31. The number of hydrogen-bond donors (Lipinski definition) is 1. The van der Waals surface area contributed by atoms with Gasteiger partial charge in [-0.3, -0.25) is 0 Å². The molecule has 0 aliphatic rings. The molecule has 3 heteroatoms. The normalized spacial score (nSPS) is 9.46. The van der Waals surface area contributed by atoms with Crippen molar-refractivity contribution < 1.29 is 0 Å². The van der Waals surface area contributed by atoms with Crippen LogP contribution in [0.4, 0.5) is 5.82 Å². The molecule has 0 amide bonds.